The van der Waals surface area contributed by atoms with Gasteiger partial charge in [-0.2, -0.15) is 5.10 Å². The highest BCUT2D eigenvalue weighted by Gasteiger charge is 2.22. The minimum atomic E-state index is -0.310. The van der Waals surface area contributed by atoms with E-state index in [4.69, 9.17) is 4.74 Å². The summed E-state index contributed by atoms with van der Waals surface area (Å²) in [6.07, 6.45) is 5.26. The molecule has 0 unspecified atom stereocenters. The molecule has 33 heavy (non-hydrogen) atoms. The van der Waals surface area contributed by atoms with Crippen LogP contribution >= 0.6 is 0 Å². The second-order valence-corrected chi connectivity index (χ2v) is 9.11. The van der Waals surface area contributed by atoms with Gasteiger partial charge in [-0.05, 0) is 63.5 Å². The van der Waals surface area contributed by atoms with Crippen LogP contribution in [0.15, 0.2) is 30.0 Å². The average Bonchev–Trinajstić information content (AvgIpc) is 3.41. The van der Waals surface area contributed by atoms with Gasteiger partial charge in [-0.3, -0.25) is 4.68 Å². The average molecular weight is 436 g/mol. The third-order valence-electron chi connectivity index (χ3n) is 6.83. The molecular formula is C27H30B2N2O2. The molecule has 2 aromatic carbocycles. The first-order chi connectivity index (χ1) is 15.7. The second-order valence-electron chi connectivity index (χ2n) is 9.11. The number of aromatic nitrogens is 2. The van der Waals surface area contributed by atoms with E-state index in [2.05, 4.69) is 72.5 Å². The number of fused-ring (bicyclic) bond motifs is 1. The molecule has 0 saturated heterocycles. The largest absolute Gasteiger partial charge is 0.466 e. The molecular weight excluding hydrogens is 406 g/mol. The maximum absolute atomic E-state index is 12.8. The van der Waals surface area contributed by atoms with Crippen LogP contribution in [0.25, 0.3) is 17.3 Å². The molecule has 2 radical (unpaired) electrons. The van der Waals surface area contributed by atoms with Crippen LogP contribution in [0.3, 0.4) is 0 Å². The molecule has 0 bridgehead atoms. The highest BCUT2D eigenvalue weighted by atomic mass is 16.5. The van der Waals surface area contributed by atoms with Crippen molar-refractivity contribution < 1.29 is 9.53 Å². The van der Waals surface area contributed by atoms with E-state index in [1.54, 1.807) is 0 Å². The van der Waals surface area contributed by atoms with E-state index in [9.17, 15) is 4.79 Å². The Kier molecular flexibility index (Phi) is 6.38. The van der Waals surface area contributed by atoms with E-state index in [1.807, 2.05) is 24.0 Å². The van der Waals surface area contributed by atoms with Crippen LogP contribution in [0.1, 0.15) is 38.9 Å². The zero-order valence-electron chi connectivity index (χ0n) is 20.7. The Labute approximate surface area is 198 Å². The Hall–Kier alpha value is -3.01. The quantitative estimate of drug-likeness (QED) is 0.350. The zero-order chi connectivity index (χ0) is 23.9. The van der Waals surface area contributed by atoms with Crippen molar-refractivity contribution in [3.8, 4) is 11.3 Å². The molecule has 0 spiro atoms. The van der Waals surface area contributed by atoms with Crippen molar-refractivity contribution in [1.82, 2.24) is 9.78 Å². The van der Waals surface area contributed by atoms with Gasteiger partial charge in [0.2, 0.25) is 0 Å². The van der Waals surface area contributed by atoms with Gasteiger partial charge >= 0.3 is 5.97 Å². The Balaban J connectivity index is 1.82. The van der Waals surface area contributed by atoms with E-state index >= 15 is 0 Å². The van der Waals surface area contributed by atoms with Crippen molar-refractivity contribution in [3.63, 3.8) is 0 Å². The molecule has 1 aromatic heterocycles. The predicted octanol–water partition coefficient (Wildman–Crippen LogP) is 3.48. The van der Waals surface area contributed by atoms with Gasteiger partial charge < -0.3 is 4.74 Å². The maximum Gasteiger partial charge on any atom is 0.334 e. The Morgan fingerprint density at radius 1 is 1.06 bits per heavy atom. The first-order valence-electron chi connectivity index (χ1n) is 11.4. The fraction of sp³-hybridized carbons (Fsp3) is 0.333. The van der Waals surface area contributed by atoms with Crippen molar-refractivity contribution in [2.24, 2.45) is 7.05 Å². The van der Waals surface area contributed by atoms with Gasteiger partial charge in [-0.1, -0.05) is 46.0 Å². The second kappa shape index (κ2) is 9.09. The predicted molar refractivity (Wildman–Crippen MR) is 138 cm³/mol. The summed E-state index contributed by atoms with van der Waals surface area (Å²) in [5.41, 5.74) is 13.6. The van der Waals surface area contributed by atoms with Gasteiger partial charge in [-0.25, -0.2) is 4.79 Å². The Bertz CT molecular complexity index is 1290. The number of ether oxygens (including phenoxy) is 1. The number of hydrogen-bond acceptors (Lipinski definition) is 3. The number of esters is 1. The fourth-order valence-electron chi connectivity index (χ4n) is 4.93. The minimum Gasteiger partial charge on any atom is -0.466 e. The molecule has 2 heterocycles. The molecule has 0 amide bonds. The van der Waals surface area contributed by atoms with Crippen LogP contribution < -0.4 is 10.9 Å². The lowest BCUT2D eigenvalue weighted by Gasteiger charge is -2.16. The molecule has 0 aliphatic carbocycles. The number of hydrogen-bond donors (Lipinski definition) is 0. The molecule has 0 atom stereocenters. The number of carbonyl (C=O) groups is 1. The van der Waals surface area contributed by atoms with Crippen molar-refractivity contribution in [2.75, 3.05) is 7.11 Å². The summed E-state index contributed by atoms with van der Waals surface area (Å²) in [7, 11) is 7.93. The van der Waals surface area contributed by atoms with Gasteiger partial charge in [0.15, 0.2) is 0 Å². The number of methoxy groups -OCH3 is 1. The van der Waals surface area contributed by atoms with Crippen molar-refractivity contribution >= 4 is 37.5 Å². The van der Waals surface area contributed by atoms with Crippen LogP contribution in [0, 0.1) is 34.6 Å². The van der Waals surface area contributed by atoms with E-state index in [-0.39, 0.29) is 5.97 Å². The number of rotatable bonds is 5. The highest BCUT2D eigenvalue weighted by molar-refractivity contribution is 6.82. The first kappa shape index (κ1) is 23.2. The lowest BCUT2D eigenvalue weighted by molar-refractivity contribution is -0.136. The standard InChI is InChI=1S/C27H30B2N2O2/c1-15-8-16(2)18(4)23(9-15)26-22(13-30-31(26)6)12-21(27(32)33-7)11-20-10-17(3)24-25(19(20)5)29-14-28-24/h8-10,12-13H,11,14H2,1-7H3/b21-12+. The van der Waals surface area contributed by atoms with Crippen molar-refractivity contribution in [1.29, 1.82) is 0 Å². The Morgan fingerprint density at radius 3 is 2.52 bits per heavy atom. The molecule has 0 fully saturated rings. The molecule has 0 saturated carbocycles. The van der Waals surface area contributed by atoms with Gasteiger partial charge in [0.05, 0.1) is 19.0 Å². The molecule has 4 rings (SSSR count). The summed E-state index contributed by atoms with van der Waals surface area (Å²) in [6, 6.07) is 6.59. The normalized spacial score (nSPS) is 12.9. The van der Waals surface area contributed by atoms with Crippen molar-refractivity contribution in [3.05, 3.63) is 68.9 Å². The van der Waals surface area contributed by atoms with Crippen LogP contribution in [-0.2, 0) is 23.0 Å². The van der Waals surface area contributed by atoms with E-state index < -0.39 is 0 Å². The summed E-state index contributed by atoms with van der Waals surface area (Å²) < 4.78 is 7.07. The Morgan fingerprint density at radius 2 is 1.79 bits per heavy atom. The SMILES string of the molecule is COC(=O)/C(=C/c1cnn(C)c1-c1cc(C)cc(C)c1C)Cc1cc(C)c2c(c1C)[B]C[B]2. The third-order valence-corrected chi connectivity index (χ3v) is 6.83. The molecule has 166 valence electrons. The van der Waals surface area contributed by atoms with Crippen molar-refractivity contribution in [2.45, 2.75) is 47.3 Å². The van der Waals surface area contributed by atoms with Crippen LogP contribution in [0.2, 0.25) is 6.22 Å². The third kappa shape index (κ3) is 4.31. The molecule has 3 aromatic rings. The number of benzene rings is 2. The minimum absolute atomic E-state index is 0.310. The summed E-state index contributed by atoms with van der Waals surface area (Å²) in [6.45, 7) is 10.7. The summed E-state index contributed by atoms with van der Waals surface area (Å²) in [5, 5.41) is 4.53. The summed E-state index contributed by atoms with van der Waals surface area (Å²) in [4.78, 5) is 12.8. The molecule has 1 aliphatic rings. The number of carbonyl (C=O) groups excluding carboxylic acids is 1. The van der Waals surface area contributed by atoms with E-state index in [1.165, 1.54) is 45.9 Å². The summed E-state index contributed by atoms with van der Waals surface area (Å²) in [5.74, 6) is -0.310. The highest BCUT2D eigenvalue weighted by Crippen LogP contribution is 2.31. The smallest absolute Gasteiger partial charge is 0.334 e. The van der Waals surface area contributed by atoms with Crippen LogP contribution in [0.4, 0.5) is 0 Å². The van der Waals surface area contributed by atoms with Crippen LogP contribution in [-0.4, -0.2) is 37.4 Å². The lowest BCUT2D eigenvalue weighted by atomic mass is 9.62. The topological polar surface area (TPSA) is 44.1 Å². The molecule has 0 N–H and O–H groups in total. The molecule has 1 aliphatic heterocycles. The molecule has 4 nitrogen and oxygen atoms in total. The van der Waals surface area contributed by atoms with Gasteiger partial charge in [0.1, 0.15) is 14.6 Å². The fourth-order valence-corrected chi connectivity index (χ4v) is 4.93. The lowest BCUT2D eigenvalue weighted by Crippen LogP contribution is -2.32. The van der Waals surface area contributed by atoms with E-state index in [0.29, 0.717) is 12.0 Å². The number of aryl methyl sites for hydroxylation is 4. The van der Waals surface area contributed by atoms with Gasteiger partial charge in [0, 0.05) is 30.2 Å². The first-order valence-corrected chi connectivity index (χ1v) is 11.4. The number of nitrogens with zero attached hydrogens (tertiary/aromatic N) is 2. The monoisotopic (exact) mass is 436 g/mol. The van der Waals surface area contributed by atoms with E-state index in [0.717, 1.165) is 28.6 Å². The maximum atomic E-state index is 12.8. The zero-order valence-corrected chi connectivity index (χ0v) is 20.7. The van der Waals surface area contributed by atoms with Gasteiger partial charge in [-0.15, -0.1) is 0 Å². The summed E-state index contributed by atoms with van der Waals surface area (Å²) >= 11 is 0. The van der Waals surface area contributed by atoms with Gasteiger partial charge in [0.25, 0.3) is 0 Å². The van der Waals surface area contributed by atoms with Crippen LogP contribution in [0.5, 0.6) is 0 Å². The molecule has 6 heteroatoms.